The SMILES string of the molecule is Cc1cnn(CF)c1C(F)F. The van der Waals surface area contributed by atoms with Gasteiger partial charge in [-0.05, 0) is 12.5 Å². The average Bonchev–Trinajstić information content (AvgIpc) is 2.30. The van der Waals surface area contributed by atoms with E-state index in [1.807, 2.05) is 0 Å². The van der Waals surface area contributed by atoms with Crippen LogP contribution >= 0.6 is 0 Å². The molecule has 11 heavy (non-hydrogen) atoms. The van der Waals surface area contributed by atoms with E-state index in [1.54, 1.807) is 0 Å². The summed E-state index contributed by atoms with van der Waals surface area (Å²) in [5, 5.41) is 3.42. The Labute approximate surface area is 61.6 Å². The lowest BCUT2D eigenvalue weighted by molar-refractivity contribution is 0.132. The van der Waals surface area contributed by atoms with E-state index in [0.717, 1.165) is 0 Å². The van der Waals surface area contributed by atoms with Gasteiger partial charge < -0.3 is 0 Å². The summed E-state index contributed by atoms with van der Waals surface area (Å²) in [6, 6.07) is 0. The highest BCUT2D eigenvalue weighted by Crippen LogP contribution is 2.21. The van der Waals surface area contributed by atoms with Crippen molar-refractivity contribution in [2.75, 3.05) is 0 Å². The lowest BCUT2D eigenvalue weighted by Gasteiger charge is -2.01. The molecular weight excluding hydrogens is 157 g/mol. The maximum atomic E-state index is 12.1. The zero-order chi connectivity index (χ0) is 8.43. The van der Waals surface area contributed by atoms with Gasteiger partial charge in [0.15, 0.2) is 6.80 Å². The first-order chi connectivity index (χ1) is 5.16. The molecule has 1 aromatic heterocycles. The van der Waals surface area contributed by atoms with E-state index in [9.17, 15) is 13.2 Å². The molecule has 0 saturated carbocycles. The van der Waals surface area contributed by atoms with Crippen molar-refractivity contribution in [1.82, 2.24) is 9.78 Å². The summed E-state index contributed by atoms with van der Waals surface area (Å²) in [6.45, 7) is 0.466. The fourth-order valence-corrected chi connectivity index (χ4v) is 0.868. The molecule has 0 aliphatic rings. The Morgan fingerprint density at radius 2 is 2.27 bits per heavy atom. The second-order valence-corrected chi connectivity index (χ2v) is 2.13. The van der Waals surface area contributed by atoms with Crippen molar-refractivity contribution in [2.24, 2.45) is 0 Å². The molecule has 0 atom stereocenters. The summed E-state index contributed by atoms with van der Waals surface area (Å²) in [5.41, 5.74) is -0.0230. The van der Waals surface area contributed by atoms with E-state index in [2.05, 4.69) is 5.10 Å². The molecule has 0 bridgehead atoms. The van der Waals surface area contributed by atoms with E-state index in [0.29, 0.717) is 10.2 Å². The number of aryl methyl sites for hydroxylation is 1. The first kappa shape index (κ1) is 8.10. The highest BCUT2D eigenvalue weighted by Gasteiger charge is 2.16. The fourth-order valence-electron chi connectivity index (χ4n) is 0.868. The van der Waals surface area contributed by atoms with Crippen molar-refractivity contribution >= 4 is 0 Å². The van der Waals surface area contributed by atoms with Gasteiger partial charge in [-0.1, -0.05) is 0 Å². The highest BCUT2D eigenvalue weighted by molar-refractivity contribution is 5.16. The zero-order valence-electron chi connectivity index (χ0n) is 5.89. The maximum absolute atomic E-state index is 12.1. The highest BCUT2D eigenvalue weighted by atomic mass is 19.3. The summed E-state index contributed by atoms with van der Waals surface area (Å²) in [5.74, 6) is 0. The van der Waals surface area contributed by atoms with Gasteiger partial charge in [-0.25, -0.2) is 17.9 Å². The Bertz CT molecular complexity index is 244. The number of hydrogen-bond donors (Lipinski definition) is 0. The molecule has 0 N–H and O–H groups in total. The van der Waals surface area contributed by atoms with Crippen molar-refractivity contribution in [3.63, 3.8) is 0 Å². The number of alkyl halides is 3. The van der Waals surface area contributed by atoms with E-state index in [1.165, 1.54) is 13.1 Å². The molecule has 0 saturated heterocycles. The predicted molar refractivity (Wildman–Crippen MR) is 33.0 cm³/mol. The average molecular weight is 164 g/mol. The van der Waals surface area contributed by atoms with E-state index in [4.69, 9.17) is 0 Å². The van der Waals surface area contributed by atoms with Crippen molar-refractivity contribution < 1.29 is 13.2 Å². The first-order valence-electron chi connectivity index (χ1n) is 3.03. The van der Waals surface area contributed by atoms with Crippen LogP contribution in [0.3, 0.4) is 0 Å². The van der Waals surface area contributed by atoms with Gasteiger partial charge in [-0.2, -0.15) is 5.10 Å². The zero-order valence-corrected chi connectivity index (χ0v) is 5.89. The van der Waals surface area contributed by atoms with Crippen LogP contribution in [0.5, 0.6) is 0 Å². The van der Waals surface area contributed by atoms with Crippen molar-refractivity contribution in [2.45, 2.75) is 20.1 Å². The fraction of sp³-hybridized carbons (Fsp3) is 0.500. The smallest absolute Gasteiger partial charge is 0.233 e. The molecule has 0 fully saturated rings. The van der Waals surface area contributed by atoms with Crippen LogP contribution in [0.4, 0.5) is 13.2 Å². The topological polar surface area (TPSA) is 17.8 Å². The molecule has 0 aliphatic heterocycles. The third kappa shape index (κ3) is 1.36. The molecule has 2 nitrogen and oxygen atoms in total. The lowest BCUT2D eigenvalue weighted by Crippen LogP contribution is -2.02. The van der Waals surface area contributed by atoms with E-state index in [-0.39, 0.29) is 5.69 Å². The minimum atomic E-state index is -2.66. The van der Waals surface area contributed by atoms with Crippen LogP contribution in [0, 0.1) is 6.92 Å². The predicted octanol–water partition coefficient (Wildman–Crippen LogP) is 2.06. The van der Waals surface area contributed by atoms with E-state index < -0.39 is 13.2 Å². The first-order valence-corrected chi connectivity index (χ1v) is 3.03. The molecule has 0 radical (unpaired) electrons. The molecule has 0 unspecified atom stereocenters. The molecule has 1 aromatic rings. The summed E-state index contributed by atoms with van der Waals surface area (Å²) >= 11 is 0. The number of nitrogens with zero attached hydrogens (tertiary/aromatic N) is 2. The van der Waals surface area contributed by atoms with Gasteiger partial charge in [0.2, 0.25) is 0 Å². The number of rotatable bonds is 2. The third-order valence-corrected chi connectivity index (χ3v) is 1.39. The van der Waals surface area contributed by atoms with Gasteiger partial charge >= 0.3 is 0 Å². The van der Waals surface area contributed by atoms with Crippen molar-refractivity contribution in [1.29, 1.82) is 0 Å². The molecule has 0 spiro atoms. The van der Waals surface area contributed by atoms with Crippen LogP contribution < -0.4 is 0 Å². The lowest BCUT2D eigenvalue weighted by atomic mass is 10.3. The molecule has 1 heterocycles. The minimum Gasteiger partial charge on any atom is -0.233 e. The van der Waals surface area contributed by atoms with Gasteiger partial charge in [0.05, 0.1) is 6.20 Å². The third-order valence-electron chi connectivity index (χ3n) is 1.39. The summed E-state index contributed by atoms with van der Waals surface area (Å²) in [7, 11) is 0. The summed E-state index contributed by atoms with van der Waals surface area (Å²) < 4.78 is 36.7. The Morgan fingerprint density at radius 1 is 1.64 bits per heavy atom. The molecular formula is C6H7F3N2. The Balaban J connectivity index is 3.07. The normalized spacial score (nSPS) is 11.0. The van der Waals surface area contributed by atoms with Crippen LogP contribution in [0.1, 0.15) is 17.7 Å². The molecule has 62 valence electrons. The van der Waals surface area contributed by atoms with Crippen LogP contribution in [0.2, 0.25) is 0 Å². The maximum Gasteiger partial charge on any atom is 0.280 e. The summed E-state index contributed by atoms with van der Waals surface area (Å²) in [6.07, 6.45) is -1.44. The molecule has 1 rings (SSSR count). The van der Waals surface area contributed by atoms with Gasteiger partial charge in [0, 0.05) is 0 Å². The Hall–Kier alpha value is -1.00. The van der Waals surface area contributed by atoms with Gasteiger partial charge in [-0.3, -0.25) is 0 Å². The molecule has 0 amide bonds. The van der Waals surface area contributed by atoms with Gasteiger partial charge in [0.25, 0.3) is 6.43 Å². The van der Waals surface area contributed by atoms with Crippen LogP contribution in [-0.2, 0) is 6.80 Å². The van der Waals surface area contributed by atoms with Gasteiger partial charge in [-0.15, -0.1) is 0 Å². The summed E-state index contributed by atoms with van der Waals surface area (Å²) in [4.78, 5) is 0. The van der Waals surface area contributed by atoms with Crippen LogP contribution in [0.25, 0.3) is 0 Å². The largest absolute Gasteiger partial charge is 0.280 e. The minimum absolute atomic E-state index is 0.317. The Morgan fingerprint density at radius 3 is 2.64 bits per heavy atom. The molecule has 0 aliphatic carbocycles. The number of halogens is 3. The second-order valence-electron chi connectivity index (χ2n) is 2.13. The van der Waals surface area contributed by atoms with E-state index >= 15 is 0 Å². The van der Waals surface area contributed by atoms with Gasteiger partial charge in [0.1, 0.15) is 5.69 Å². The van der Waals surface area contributed by atoms with Crippen LogP contribution in [-0.4, -0.2) is 9.78 Å². The quantitative estimate of drug-likeness (QED) is 0.654. The van der Waals surface area contributed by atoms with Crippen molar-refractivity contribution in [3.05, 3.63) is 17.5 Å². The van der Waals surface area contributed by atoms with Crippen LogP contribution in [0.15, 0.2) is 6.20 Å². The standard InChI is InChI=1S/C6H7F3N2/c1-4-2-10-11(3-7)5(4)6(8)9/h2,6H,3H2,1H3. The molecule has 0 aromatic carbocycles. The molecule has 5 heteroatoms. The second kappa shape index (κ2) is 2.94. The number of hydrogen-bond acceptors (Lipinski definition) is 1. The Kier molecular flexibility index (Phi) is 2.16. The van der Waals surface area contributed by atoms with Crippen molar-refractivity contribution in [3.8, 4) is 0 Å². The monoisotopic (exact) mass is 164 g/mol. The number of aromatic nitrogens is 2.